The van der Waals surface area contributed by atoms with Gasteiger partial charge in [0, 0.05) is 18.2 Å². The van der Waals surface area contributed by atoms with Crippen molar-refractivity contribution in [1.29, 1.82) is 0 Å². The summed E-state index contributed by atoms with van der Waals surface area (Å²) < 4.78 is 0. The number of hydrogen-bond donors (Lipinski definition) is 1. The first kappa shape index (κ1) is 13.9. The number of para-hydroxylation sites is 1. The number of nitrogens with zero attached hydrogens (tertiary/aromatic N) is 2. The number of fused-ring (bicyclic) bond motifs is 1. The lowest BCUT2D eigenvalue weighted by molar-refractivity contribution is 1.09. The molecular formula is C17H17N3S. The van der Waals surface area contributed by atoms with Crippen molar-refractivity contribution in [3.63, 3.8) is 0 Å². The molecule has 0 atom stereocenters. The van der Waals surface area contributed by atoms with E-state index in [0.717, 1.165) is 21.7 Å². The van der Waals surface area contributed by atoms with Crippen LogP contribution in [0.25, 0.3) is 10.9 Å². The predicted molar refractivity (Wildman–Crippen MR) is 89.8 cm³/mol. The van der Waals surface area contributed by atoms with Crippen LogP contribution < -0.4 is 5.32 Å². The van der Waals surface area contributed by atoms with Gasteiger partial charge in [-0.15, -0.1) is 11.8 Å². The van der Waals surface area contributed by atoms with Crippen LogP contribution in [0.2, 0.25) is 0 Å². The molecule has 0 aliphatic carbocycles. The Labute approximate surface area is 128 Å². The van der Waals surface area contributed by atoms with E-state index >= 15 is 0 Å². The minimum atomic E-state index is 0.668. The van der Waals surface area contributed by atoms with Crippen LogP contribution in [-0.4, -0.2) is 17.0 Å². The van der Waals surface area contributed by atoms with Gasteiger partial charge < -0.3 is 5.32 Å². The average Bonchev–Trinajstić information content (AvgIpc) is 2.53. The fraction of sp³-hybridized carbons (Fsp3) is 0.176. The van der Waals surface area contributed by atoms with Gasteiger partial charge in [0.1, 0.15) is 5.03 Å². The maximum Gasteiger partial charge on any atom is 0.224 e. The number of aromatic nitrogens is 2. The zero-order chi connectivity index (χ0) is 14.7. The number of anilines is 1. The molecule has 4 heteroatoms. The summed E-state index contributed by atoms with van der Waals surface area (Å²) in [5.41, 5.74) is 3.64. The van der Waals surface area contributed by atoms with E-state index in [4.69, 9.17) is 0 Å². The first-order valence-corrected chi connectivity index (χ1v) is 7.88. The topological polar surface area (TPSA) is 37.8 Å². The van der Waals surface area contributed by atoms with E-state index in [9.17, 15) is 0 Å². The summed E-state index contributed by atoms with van der Waals surface area (Å²) in [5, 5.41) is 5.16. The van der Waals surface area contributed by atoms with Gasteiger partial charge in [-0.2, -0.15) is 0 Å². The molecule has 0 aliphatic heterocycles. The van der Waals surface area contributed by atoms with Gasteiger partial charge in [-0.3, -0.25) is 0 Å². The first-order valence-electron chi connectivity index (χ1n) is 6.90. The molecule has 0 spiro atoms. The molecule has 0 radical (unpaired) electrons. The number of hydrogen-bond acceptors (Lipinski definition) is 4. The summed E-state index contributed by atoms with van der Waals surface area (Å²) >= 11 is 1.76. The molecule has 3 nitrogen and oxygen atoms in total. The fourth-order valence-corrected chi connectivity index (χ4v) is 3.28. The Kier molecular flexibility index (Phi) is 4.06. The third-order valence-corrected chi connectivity index (χ3v) is 4.46. The van der Waals surface area contributed by atoms with Gasteiger partial charge >= 0.3 is 0 Å². The van der Waals surface area contributed by atoms with Gasteiger partial charge in [0.15, 0.2) is 0 Å². The zero-order valence-electron chi connectivity index (χ0n) is 12.1. The monoisotopic (exact) mass is 295 g/mol. The third kappa shape index (κ3) is 3.00. The zero-order valence-corrected chi connectivity index (χ0v) is 12.9. The van der Waals surface area contributed by atoms with E-state index in [1.54, 1.807) is 11.8 Å². The maximum absolute atomic E-state index is 4.60. The molecule has 0 fully saturated rings. The Bertz CT molecular complexity index is 771. The molecule has 106 valence electrons. The van der Waals surface area contributed by atoms with E-state index in [1.807, 2.05) is 25.2 Å². The minimum absolute atomic E-state index is 0.668. The molecule has 1 N–H and O–H groups in total. The standard InChI is InChI=1S/C17H17N3S/c1-12-7-3-4-8-13(12)11-21-16-14-9-5-6-10-15(14)19-17(18-2)20-16/h3-10H,11H2,1-2H3,(H,18,19,20). The normalized spacial score (nSPS) is 10.8. The smallest absolute Gasteiger partial charge is 0.224 e. The van der Waals surface area contributed by atoms with Crippen molar-refractivity contribution in [1.82, 2.24) is 9.97 Å². The highest BCUT2D eigenvalue weighted by atomic mass is 32.2. The number of rotatable bonds is 4. The second kappa shape index (κ2) is 6.14. The quantitative estimate of drug-likeness (QED) is 0.576. The van der Waals surface area contributed by atoms with Crippen LogP contribution in [0.4, 0.5) is 5.95 Å². The van der Waals surface area contributed by atoms with E-state index in [1.165, 1.54) is 11.1 Å². The summed E-state index contributed by atoms with van der Waals surface area (Å²) in [6.45, 7) is 2.15. The number of aryl methyl sites for hydroxylation is 1. The lowest BCUT2D eigenvalue weighted by Crippen LogP contribution is -1.98. The highest BCUT2D eigenvalue weighted by molar-refractivity contribution is 7.98. The highest BCUT2D eigenvalue weighted by Gasteiger charge is 2.08. The molecule has 0 saturated carbocycles. The van der Waals surface area contributed by atoms with Crippen molar-refractivity contribution in [2.75, 3.05) is 12.4 Å². The van der Waals surface area contributed by atoms with Crippen LogP contribution in [-0.2, 0) is 5.75 Å². The molecule has 3 aromatic rings. The summed E-state index contributed by atoms with van der Waals surface area (Å²) in [5.74, 6) is 1.58. The minimum Gasteiger partial charge on any atom is -0.357 e. The van der Waals surface area contributed by atoms with Gasteiger partial charge in [0.2, 0.25) is 5.95 Å². The van der Waals surface area contributed by atoms with E-state index in [2.05, 4.69) is 52.5 Å². The number of benzene rings is 2. The second-order valence-corrected chi connectivity index (χ2v) is 5.80. The fourth-order valence-electron chi connectivity index (χ4n) is 2.19. The van der Waals surface area contributed by atoms with Crippen LogP contribution in [0, 0.1) is 6.92 Å². The molecule has 0 amide bonds. The van der Waals surface area contributed by atoms with Gasteiger partial charge in [0.25, 0.3) is 0 Å². The molecule has 1 aromatic heterocycles. The van der Waals surface area contributed by atoms with Crippen molar-refractivity contribution in [3.8, 4) is 0 Å². The predicted octanol–water partition coefficient (Wildman–Crippen LogP) is 4.27. The molecule has 0 unspecified atom stereocenters. The van der Waals surface area contributed by atoms with Crippen molar-refractivity contribution in [2.24, 2.45) is 0 Å². The SMILES string of the molecule is CNc1nc(SCc2ccccc2C)c2ccccc2n1. The number of nitrogens with one attached hydrogen (secondary N) is 1. The van der Waals surface area contributed by atoms with Crippen LogP contribution in [0.3, 0.4) is 0 Å². The van der Waals surface area contributed by atoms with Gasteiger partial charge in [0.05, 0.1) is 5.52 Å². The van der Waals surface area contributed by atoms with E-state index < -0.39 is 0 Å². The largest absolute Gasteiger partial charge is 0.357 e. The van der Waals surface area contributed by atoms with Crippen LogP contribution >= 0.6 is 11.8 Å². The summed E-state index contributed by atoms with van der Waals surface area (Å²) in [6, 6.07) is 16.6. The second-order valence-electron chi connectivity index (χ2n) is 4.83. The Morgan fingerprint density at radius 2 is 1.76 bits per heavy atom. The lowest BCUT2D eigenvalue weighted by atomic mass is 10.1. The Balaban J connectivity index is 1.94. The molecule has 0 bridgehead atoms. The third-order valence-electron chi connectivity index (χ3n) is 3.42. The van der Waals surface area contributed by atoms with E-state index in [0.29, 0.717) is 5.95 Å². The highest BCUT2D eigenvalue weighted by Crippen LogP contribution is 2.29. The van der Waals surface area contributed by atoms with Crippen molar-refractivity contribution >= 4 is 28.6 Å². The molecule has 0 aliphatic rings. The van der Waals surface area contributed by atoms with Crippen LogP contribution in [0.15, 0.2) is 53.6 Å². The Morgan fingerprint density at radius 3 is 2.57 bits per heavy atom. The summed E-state index contributed by atoms with van der Waals surface area (Å²) in [7, 11) is 1.85. The molecule has 0 saturated heterocycles. The van der Waals surface area contributed by atoms with Crippen LogP contribution in [0.5, 0.6) is 0 Å². The molecule has 2 aromatic carbocycles. The van der Waals surface area contributed by atoms with Crippen molar-refractivity contribution in [2.45, 2.75) is 17.7 Å². The van der Waals surface area contributed by atoms with Crippen molar-refractivity contribution < 1.29 is 0 Å². The molecule has 1 heterocycles. The average molecular weight is 295 g/mol. The molecule has 3 rings (SSSR count). The van der Waals surface area contributed by atoms with Gasteiger partial charge in [-0.05, 0) is 24.1 Å². The maximum atomic E-state index is 4.60. The van der Waals surface area contributed by atoms with Crippen molar-refractivity contribution in [3.05, 3.63) is 59.7 Å². The summed E-state index contributed by atoms with van der Waals surface area (Å²) in [4.78, 5) is 9.10. The molecular weight excluding hydrogens is 278 g/mol. The van der Waals surface area contributed by atoms with Crippen LogP contribution in [0.1, 0.15) is 11.1 Å². The lowest BCUT2D eigenvalue weighted by Gasteiger charge is -2.09. The number of thioether (sulfide) groups is 1. The van der Waals surface area contributed by atoms with Gasteiger partial charge in [-0.25, -0.2) is 9.97 Å². The Morgan fingerprint density at radius 1 is 1.00 bits per heavy atom. The molecule has 21 heavy (non-hydrogen) atoms. The van der Waals surface area contributed by atoms with Gasteiger partial charge in [-0.1, -0.05) is 42.5 Å². The first-order chi connectivity index (χ1) is 10.3. The Hall–Kier alpha value is -2.07. The summed E-state index contributed by atoms with van der Waals surface area (Å²) in [6.07, 6.45) is 0. The van der Waals surface area contributed by atoms with E-state index in [-0.39, 0.29) is 0 Å².